The van der Waals surface area contributed by atoms with E-state index in [9.17, 15) is 9.18 Å². The van der Waals surface area contributed by atoms with Crippen molar-refractivity contribution in [3.8, 4) is 0 Å². The average Bonchev–Trinajstić information content (AvgIpc) is 2.74. The molecule has 0 aliphatic carbocycles. The summed E-state index contributed by atoms with van der Waals surface area (Å²) in [7, 11) is 0. The van der Waals surface area contributed by atoms with Crippen molar-refractivity contribution in [3.05, 3.63) is 23.3 Å². The predicted molar refractivity (Wildman–Crippen MR) is 74.0 cm³/mol. The lowest BCUT2D eigenvalue weighted by Crippen LogP contribution is -1.99. The van der Waals surface area contributed by atoms with Gasteiger partial charge in [0.2, 0.25) is 0 Å². The normalized spacial score (nSPS) is 10.8. The Morgan fingerprint density at radius 3 is 2.26 bits per heavy atom. The molecule has 0 amide bonds. The number of H-pyrrole nitrogens is 1. The van der Waals surface area contributed by atoms with Gasteiger partial charge in [0.25, 0.3) is 0 Å². The summed E-state index contributed by atoms with van der Waals surface area (Å²) in [5.74, 6) is -1.84. The first kappa shape index (κ1) is 15.7. The highest BCUT2D eigenvalue weighted by atomic mass is 19.1. The van der Waals surface area contributed by atoms with Crippen LogP contribution in [0.15, 0.2) is 6.20 Å². The summed E-state index contributed by atoms with van der Waals surface area (Å²) in [6.45, 7) is 2.21. The Labute approximate surface area is 114 Å². The molecule has 0 atom stereocenters. The number of aromatic amines is 1. The minimum Gasteiger partial charge on any atom is -0.476 e. The monoisotopic (exact) mass is 269 g/mol. The average molecular weight is 269 g/mol. The van der Waals surface area contributed by atoms with Gasteiger partial charge in [-0.3, -0.25) is 0 Å². The minimum atomic E-state index is -1.24. The van der Waals surface area contributed by atoms with Crippen LogP contribution in [-0.2, 0) is 6.42 Å². The number of aryl methyl sites for hydroxylation is 1. The van der Waals surface area contributed by atoms with E-state index in [1.807, 2.05) is 0 Å². The molecule has 1 rings (SSSR count). The van der Waals surface area contributed by atoms with Crippen LogP contribution in [0.3, 0.4) is 0 Å². The number of aromatic nitrogens is 1. The zero-order valence-electron chi connectivity index (χ0n) is 11.7. The number of nitrogens with one attached hydrogen (secondary N) is 1. The maximum atomic E-state index is 13.6. The van der Waals surface area contributed by atoms with Gasteiger partial charge >= 0.3 is 5.97 Å². The first-order valence-electron chi connectivity index (χ1n) is 7.25. The Morgan fingerprint density at radius 2 is 1.74 bits per heavy atom. The van der Waals surface area contributed by atoms with Crippen molar-refractivity contribution in [1.29, 1.82) is 0 Å². The van der Waals surface area contributed by atoms with Gasteiger partial charge in [-0.05, 0) is 12.8 Å². The van der Waals surface area contributed by atoms with Gasteiger partial charge in [-0.15, -0.1) is 0 Å². The number of aromatic carboxylic acids is 1. The van der Waals surface area contributed by atoms with Crippen molar-refractivity contribution in [3.63, 3.8) is 0 Å². The van der Waals surface area contributed by atoms with Gasteiger partial charge in [-0.25, -0.2) is 9.18 Å². The fourth-order valence-electron chi connectivity index (χ4n) is 2.23. The Balaban J connectivity index is 2.14. The van der Waals surface area contributed by atoms with Gasteiger partial charge in [-0.2, -0.15) is 0 Å². The number of rotatable bonds is 10. The van der Waals surface area contributed by atoms with E-state index in [4.69, 9.17) is 5.11 Å². The Morgan fingerprint density at radius 1 is 1.16 bits per heavy atom. The maximum Gasteiger partial charge on any atom is 0.355 e. The Kier molecular flexibility index (Phi) is 7.23. The highest BCUT2D eigenvalue weighted by Gasteiger charge is 2.15. The molecular formula is C15H24FNO2. The smallest absolute Gasteiger partial charge is 0.355 e. The summed E-state index contributed by atoms with van der Waals surface area (Å²) in [4.78, 5) is 13.1. The molecule has 19 heavy (non-hydrogen) atoms. The molecule has 0 spiro atoms. The van der Waals surface area contributed by atoms with Crippen molar-refractivity contribution in [2.45, 2.75) is 64.7 Å². The highest BCUT2D eigenvalue weighted by Crippen LogP contribution is 2.16. The molecule has 0 saturated heterocycles. The summed E-state index contributed by atoms with van der Waals surface area (Å²) in [5.41, 5.74) is 0.165. The largest absolute Gasteiger partial charge is 0.476 e. The number of halogens is 1. The second-order valence-electron chi connectivity index (χ2n) is 5.03. The Bertz CT molecular complexity index is 387. The third-order valence-corrected chi connectivity index (χ3v) is 3.41. The Hall–Kier alpha value is -1.32. The summed E-state index contributed by atoms with van der Waals surface area (Å²) >= 11 is 0. The van der Waals surface area contributed by atoms with E-state index in [1.165, 1.54) is 44.7 Å². The van der Waals surface area contributed by atoms with Crippen molar-refractivity contribution in [2.24, 2.45) is 0 Å². The lowest BCUT2D eigenvalue weighted by Gasteiger charge is -2.01. The van der Waals surface area contributed by atoms with Crippen LogP contribution in [0.1, 0.15) is 74.3 Å². The van der Waals surface area contributed by atoms with Gasteiger partial charge in [0.15, 0.2) is 11.5 Å². The molecule has 0 radical (unpaired) electrons. The van der Waals surface area contributed by atoms with E-state index < -0.39 is 11.8 Å². The van der Waals surface area contributed by atoms with Crippen LogP contribution in [0.5, 0.6) is 0 Å². The molecule has 0 fully saturated rings. The molecule has 1 heterocycles. The molecule has 4 heteroatoms. The molecule has 2 N–H and O–H groups in total. The number of unbranched alkanes of at least 4 members (excludes halogenated alkanes) is 7. The maximum absolute atomic E-state index is 13.6. The first-order valence-corrected chi connectivity index (χ1v) is 7.25. The van der Waals surface area contributed by atoms with Crippen LogP contribution in [0, 0.1) is 5.82 Å². The third kappa shape index (κ3) is 5.45. The standard InChI is InChI=1S/C15H24FNO2/c1-2-3-4-5-6-7-8-9-10-12-11-17-14(13(12)16)15(18)19/h11,17H,2-10H2,1H3,(H,18,19). The van der Waals surface area contributed by atoms with Crippen LogP contribution >= 0.6 is 0 Å². The highest BCUT2D eigenvalue weighted by molar-refractivity contribution is 5.86. The van der Waals surface area contributed by atoms with E-state index in [2.05, 4.69) is 11.9 Å². The van der Waals surface area contributed by atoms with E-state index in [0.29, 0.717) is 12.0 Å². The molecule has 0 bridgehead atoms. The SMILES string of the molecule is CCCCCCCCCCc1c[nH]c(C(=O)O)c1F. The molecule has 0 saturated carbocycles. The number of carbonyl (C=O) groups is 1. The molecular weight excluding hydrogens is 245 g/mol. The second kappa shape index (κ2) is 8.73. The molecule has 108 valence electrons. The van der Waals surface area contributed by atoms with Gasteiger partial charge in [0.05, 0.1) is 0 Å². The van der Waals surface area contributed by atoms with Gasteiger partial charge in [0.1, 0.15) is 0 Å². The molecule has 1 aromatic rings. The number of carboxylic acid groups (broad SMARTS) is 1. The molecule has 0 aliphatic rings. The molecule has 3 nitrogen and oxygen atoms in total. The summed E-state index contributed by atoms with van der Waals surface area (Å²) in [5, 5.41) is 8.72. The van der Waals surface area contributed by atoms with Crippen LogP contribution < -0.4 is 0 Å². The van der Waals surface area contributed by atoms with Crippen molar-refractivity contribution in [1.82, 2.24) is 4.98 Å². The molecule has 0 aromatic carbocycles. The third-order valence-electron chi connectivity index (χ3n) is 3.41. The topological polar surface area (TPSA) is 53.1 Å². The lowest BCUT2D eigenvalue weighted by atomic mass is 10.1. The molecule has 0 aliphatic heterocycles. The van der Waals surface area contributed by atoms with E-state index in [1.54, 1.807) is 0 Å². The van der Waals surface area contributed by atoms with Crippen molar-refractivity contribution >= 4 is 5.97 Å². The van der Waals surface area contributed by atoms with Gasteiger partial charge < -0.3 is 10.1 Å². The number of hydrogen-bond acceptors (Lipinski definition) is 1. The van der Waals surface area contributed by atoms with Gasteiger partial charge in [-0.1, -0.05) is 51.9 Å². The van der Waals surface area contributed by atoms with Gasteiger partial charge in [0, 0.05) is 11.8 Å². The fraction of sp³-hybridized carbons (Fsp3) is 0.667. The summed E-state index contributed by atoms with van der Waals surface area (Å²) in [6, 6.07) is 0. The zero-order chi connectivity index (χ0) is 14.1. The fourth-order valence-corrected chi connectivity index (χ4v) is 2.23. The van der Waals surface area contributed by atoms with Crippen LogP contribution in [0.25, 0.3) is 0 Å². The second-order valence-corrected chi connectivity index (χ2v) is 5.03. The predicted octanol–water partition coefficient (Wildman–Crippen LogP) is 4.54. The van der Waals surface area contributed by atoms with E-state index >= 15 is 0 Å². The number of hydrogen-bond donors (Lipinski definition) is 2. The lowest BCUT2D eigenvalue weighted by molar-refractivity contribution is 0.0686. The minimum absolute atomic E-state index is 0.324. The quantitative estimate of drug-likeness (QED) is 0.613. The first-order chi connectivity index (χ1) is 9.16. The van der Waals surface area contributed by atoms with E-state index in [0.717, 1.165) is 12.8 Å². The van der Waals surface area contributed by atoms with Crippen LogP contribution in [-0.4, -0.2) is 16.1 Å². The molecule has 0 unspecified atom stereocenters. The van der Waals surface area contributed by atoms with Crippen molar-refractivity contribution in [2.75, 3.05) is 0 Å². The van der Waals surface area contributed by atoms with Crippen LogP contribution in [0.2, 0.25) is 0 Å². The zero-order valence-corrected chi connectivity index (χ0v) is 11.7. The van der Waals surface area contributed by atoms with Crippen LogP contribution in [0.4, 0.5) is 4.39 Å². The number of carboxylic acids is 1. The summed E-state index contributed by atoms with van der Waals surface area (Å²) < 4.78 is 13.6. The summed E-state index contributed by atoms with van der Waals surface area (Å²) in [6.07, 6.45) is 11.7. The molecule has 1 aromatic heterocycles. The van der Waals surface area contributed by atoms with E-state index in [-0.39, 0.29) is 5.69 Å². The van der Waals surface area contributed by atoms with Crippen molar-refractivity contribution < 1.29 is 14.3 Å².